The van der Waals surface area contributed by atoms with Gasteiger partial charge in [0.1, 0.15) is 5.41 Å². The minimum absolute atomic E-state index is 0.0778. The summed E-state index contributed by atoms with van der Waals surface area (Å²) >= 11 is 0. The molecule has 3 unspecified atom stereocenters. The van der Waals surface area contributed by atoms with Crippen LogP contribution in [0.4, 0.5) is 0 Å². The zero-order valence-corrected chi connectivity index (χ0v) is 9.16. The molecular weight excluding hydrogens is 192 g/mol. The van der Waals surface area contributed by atoms with E-state index in [1.807, 2.05) is 19.1 Å². The number of ketones is 1. The van der Waals surface area contributed by atoms with Gasteiger partial charge in [-0.3, -0.25) is 9.59 Å². The molecule has 0 aromatic rings. The largest absolute Gasteiger partial charge is 0.465 e. The van der Waals surface area contributed by atoms with Crippen LogP contribution >= 0.6 is 0 Å². The first-order valence-corrected chi connectivity index (χ1v) is 5.52. The molecule has 0 aromatic carbocycles. The van der Waals surface area contributed by atoms with Gasteiger partial charge in [0.05, 0.1) is 6.61 Å². The van der Waals surface area contributed by atoms with Crippen LogP contribution in [0.3, 0.4) is 0 Å². The lowest BCUT2D eigenvalue weighted by atomic mass is 9.98. The van der Waals surface area contributed by atoms with E-state index in [9.17, 15) is 9.59 Å². The van der Waals surface area contributed by atoms with Crippen LogP contribution in [-0.4, -0.2) is 18.4 Å². The van der Waals surface area contributed by atoms with Gasteiger partial charge in [-0.15, -0.1) is 0 Å². The van der Waals surface area contributed by atoms with Crippen molar-refractivity contribution in [2.24, 2.45) is 17.3 Å². The van der Waals surface area contributed by atoms with Crippen molar-refractivity contribution in [1.29, 1.82) is 0 Å². The third-order valence-electron chi connectivity index (χ3n) is 3.59. The number of rotatable bonds is 3. The van der Waals surface area contributed by atoms with Crippen molar-refractivity contribution in [3.8, 4) is 0 Å². The fraction of sp³-hybridized carbons (Fsp3) is 0.667. The van der Waals surface area contributed by atoms with Crippen LogP contribution < -0.4 is 0 Å². The lowest BCUT2D eigenvalue weighted by molar-refractivity contribution is -0.153. The Morgan fingerprint density at radius 3 is 3.00 bits per heavy atom. The molecule has 15 heavy (non-hydrogen) atoms. The Hall–Kier alpha value is -1.12. The molecule has 2 aliphatic carbocycles. The standard InChI is InChI=1S/C12H16O3/c1-3-5-8-9-6-7-10(13)12(8,9)11(14)15-4-2/h3,5,8-9H,4,6-7H2,1-2H3. The SMILES string of the molecule is CC=CC1C2CCC(=O)C12C(=O)OCC. The molecular formula is C12H16O3. The molecule has 0 saturated heterocycles. The van der Waals surface area contributed by atoms with E-state index in [0.29, 0.717) is 13.0 Å². The van der Waals surface area contributed by atoms with Crippen molar-refractivity contribution >= 4 is 11.8 Å². The zero-order chi connectivity index (χ0) is 11.1. The average Bonchev–Trinajstić information content (AvgIpc) is 2.71. The summed E-state index contributed by atoms with van der Waals surface area (Å²) in [6.45, 7) is 4.04. The Bertz CT molecular complexity index is 332. The molecule has 0 aromatic heterocycles. The number of carbonyl (C=O) groups is 2. The number of carbonyl (C=O) groups excluding carboxylic acids is 2. The van der Waals surface area contributed by atoms with Gasteiger partial charge in [-0.2, -0.15) is 0 Å². The highest BCUT2D eigenvalue weighted by Crippen LogP contribution is 2.67. The average molecular weight is 208 g/mol. The van der Waals surface area contributed by atoms with E-state index in [4.69, 9.17) is 4.74 Å². The molecule has 3 atom stereocenters. The Morgan fingerprint density at radius 1 is 1.67 bits per heavy atom. The van der Waals surface area contributed by atoms with Crippen LogP contribution in [0.25, 0.3) is 0 Å². The summed E-state index contributed by atoms with van der Waals surface area (Å²) in [5.41, 5.74) is -0.789. The maximum Gasteiger partial charge on any atom is 0.320 e. The Labute approximate surface area is 89.5 Å². The topological polar surface area (TPSA) is 43.4 Å². The van der Waals surface area contributed by atoms with Gasteiger partial charge in [-0.05, 0) is 26.2 Å². The highest BCUT2D eigenvalue weighted by Gasteiger charge is 2.76. The monoisotopic (exact) mass is 208 g/mol. The van der Waals surface area contributed by atoms with Crippen molar-refractivity contribution in [2.45, 2.75) is 26.7 Å². The van der Waals surface area contributed by atoms with E-state index in [1.165, 1.54) is 0 Å². The van der Waals surface area contributed by atoms with Gasteiger partial charge in [-0.1, -0.05) is 12.2 Å². The van der Waals surface area contributed by atoms with Crippen LogP contribution in [0.1, 0.15) is 26.7 Å². The van der Waals surface area contributed by atoms with Crippen LogP contribution in [0.2, 0.25) is 0 Å². The van der Waals surface area contributed by atoms with Gasteiger partial charge in [0, 0.05) is 12.3 Å². The second kappa shape index (κ2) is 3.47. The second-order valence-corrected chi connectivity index (χ2v) is 4.21. The van der Waals surface area contributed by atoms with E-state index in [-0.39, 0.29) is 23.6 Å². The predicted octanol–water partition coefficient (Wildman–Crippen LogP) is 1.72. The Kier molecular flexibility index (Phi) is 2.41. The first kappa shape index (κ1) is 10.4. The molecule has 0 N–H and O–H groups in total. The first-order valence-electron chi connectivity index (χ1n) is 5.52. The summed E-state index contributed by atoms with van der Waals surface area (Å²) in [6, 6.07) is 0. The van der Waals surface area contributed by atoms with Crippen molar-refractivity contribution in [1.82, 2.24) is 0 Å². The fourth-order valence-electron chi connectivity index (χ4n) is 2.93. The summed E-state index contributed by atoms with van der Waals surface area (Å²) in [5.74, 6) is 0.0812. The van der Waals surface area contributed by atoms with Gasteiger partial charge in [0.15, 0.2) is 5.78 Å². The molecule has 0 bridgehead atoms. The second-order valence-electron chi connectivity index (χ2n) is 4.21. The lowest BCUT2D eigenvalue weighted by Crippen LogP contribution is -2.28. The maximum atomic E-state index is 11.8. The quantitative estimate of drug-likeness (QED) is 0.403. The number of esters is 1. The van der Waals surface area contributed by atoms with Crippen molar-refractivity contribution in [2.75, 3.05) is 6.61 Å². The molecule has 0 heterocycles. The third-order valence-corrected chi connectivity index (χ3v) is 3.59. The number of allylic oxidation sites excluding steroid dienone is 2. The van der Waals surface area contributed by atoms with E-state index in [0.717, 1.165) is 6.42 Å². The molecule has 3 nitrogen and oxygen atoms in total. The van der Waals surface area contributed by atoms with Crippen molar-refractivity contribution in [3.05, 3.63) is 12.2 Å². The molecule has 2 fully saturated rings. The number of hydrogen-bond donors (Lipinski definition) is 0. The Morgan fingerprint density at radius 2 is 2.40 bits per heavy atom. The van der Waals surface area contributed by atoms with Crippen LogP contribution in [-0.2, 0) is 14.3 Å². The molecule has 0 spiro atoms. The molecule has 2 rings (SSSR count). The van der Waals surface area contributed by atoms with E-state index < -0.39 is 5.41 Å². The number of hydrogen-bond acceptors (Lipinski definition) is 3. The fourth-order valence-corrected chi connectivity index (χ4v) is 2.93. The van der Waals surface area contributed by atoms with Gasteiger partial charge in [-0.25, -0.2) is 0 Å². The third kappa shape index (κ3) is 1.18. The smallest absolute Gasteiger partial charge is 0.320 e. The van der Waals surface area contributed by atoms with Gasteiger partial charge >= 0.3 is 5.97 Å². The predicted molar refractivity (Wildman–Crippen MR) is 55.1 cm³/mol. The molecule has 2 aliphatic rings. The maximum absolute atomic E-state index is 11.8. The minimum atomic E-state index is -0.789. The zero-order valence-electron chi connectivity index (χ0n) is 9.16. The van der Waals surface area contributed by atoms with Crippen molar-refractivity contribution in [3.63, 3.8) is 0 Å². The summed E-state index contributed by atoms with van der Waals surface area (Å²) in [7, 11) is 0. The highest BCUT2D eigenvalue weighted by molar-refractivity contribution is 6.10. The lowest BCUT2D eigenvalue weighted by Gasteiger charge is -2.10. The number of ether oxygens (including phenoxy) is 1. The van der Waals surface area contributed by atoms with Gasteiger partial charge < -0.3 is 4.74 Å². The van der Waals surface area contributed by atoms with Crippen LogP contribution in [0.5, 0.6) is 0 Å². The van der Waals surface area contributed by atoms with Gasteiger partial charge in [0.2, 0.25) is 0 Å². The van der Waals surface area contributed by atoms with Crippen LogP contribution in [0, 0.1) is 17.3 Å². The summed E-state index contributed by atoms with van der Waals surface area (Å²) in [4.78, 5) is 23.6. The van der Waals surface area contributed by atoms with E-state index >= 15 is 0 Å². The number of fused-ring (bicyclic) bond motifs is 1. The summed E-state index contributed by atoms with van der Waals surface area (Å²) in [6.07, 6.45) is 5.26. The number of Topliss-reactive ketones (excluding diaryl/α,β-unsaturated/α-hetero) is 1. The summed E-state index contributed by atoms with van der Waals surface area (Å²) in [5, 5.41) is 0. The molecule has 0 amide bonds. The minimum Gasteiger partial charge on any atom is -0.465 e. The van der Waals surface area contributed by atoms with Gasteiger partial charge in [0.25, 0.3) is 0 Å². The molecule has 3 heteroatoms. The molecule has 82 valence electrons. The molecule has 0 radical (unpaired) electrons. The van der Waals surface area contributed by atoms with Crippen LogP contribution in [0.15, 0.2) is 12.2 Å². The summed E-state index contributed by atoms with van der Waals surface area (Å²) < 4.78 is 5.02. The first-order chi connectivity index (χ1) is 7.19. The van der Waals surface area contributed by atoms with Crippen molar-refractivity contribution < 1.29 is 14.3 Å². The Balaban J connectivity index is 2.23. The van der Waals surface area contributed by atoms with E-state index in [2.05, 4.69) is 0 Å². The molecule has 2 saturated carbocycles. The highest BCUT2D eigenvalue weighted by atomic mass is 16.5. The van der Waals surface area contributed by atoms with E-state index in [1.54, 1.807) is 6.92 Å². The normalized spacial score (nSPS) is 38.1. The molecule has 0 aliphatic heterocycles.